The Balaban J connectivity index is 2.80. The summed E-state index contributed by atoms with van der Waals surface area (Å²) in [5.74, 6) is -0.873. The van der Waals surface area contributed by atoms with Crippen LogP contribution >= 0.6 is 23.1 Å². The van der Waals surface area contributed by atoms with Crippen LogP contribution in [0.1, 0.15) is 0 Å². The van der Waals surface area contributed by atoms with E-state index in [-0.39, 0.29) is 5.52 Å². The highest BCUT2D eigenvalue weighted by Gasteiger charge is 2.11. The monoisotopic (exact) mass is 217 g/mol. The van der Waals surface area contributed by atoms with Gasteiger partial charge in [-0.2, -0.15) is 0 Å². The Morgan fingerprint density at radius 3 is 2.62 bits per heavy atom. The van der Waals surface area contributed by atoms with E-state index >= 15 is 0 Å². The summed E-state index contributed by atoms with van der Waals surface area (Å²) in [6.07, 6.45) is 1.83. The molecule has 0 aliphatic rings. The number of nitrogens with zero attached hydrogens (tertiary/aromatic N) is 1. The SMILES string of the molecule is CSc1nc2c(F)ccc(F)c2s1. The number of benzene rings is 1. The number of aromatic nitrogens is 1. The van der Waals surface area contributed by atoms with Crippen molar-refractivity contribution in [1.29, 1.82) is 0 Å². The van der Waals surface area contributed by atoms with Gasteiger partial charge in [0, 0.05) is 0 Å². The van der Waals surface area contributed by atoms with Gasteiger partial charge in [0.2, 0.25) is 0 Å². The molecular formula is C8H5F2NS2. The van der Waals surface area contributed by atoms with Crippen LogP contribution in [0.3, 0.4) is 0 Å². The fraction of sp³-hybridized carbons (Fsp3) is 0.125. The molecule has 13 heavy (non-hydrogen) atoms. The lowest BCUT2D eigenvalue weighted by Gasteiger charge is -1.90. The summed E-state index contributed by atoms with van der Waals surface area (Å²) in [7, 11) is 0. The summed E-state index contributed by atoms with van der Waals surface area (Å²) in [5, 5.41) is 0. The Morgan fingerprint density at radius 2 is 2.00 bits per heavy atom. The van der Waals surface area contributed by atoms with E-state index in [0.29, 0.717) is 9.04 Å². The van der Waals surface area contributed by atoms with Gasteiger partial charge in [-0.3, -0.25) is 0 Å². The summed E-state index contributed by atoms with van der Waals surface area (Å²) < 4.78 is 27.2. The van der Waals surface area contributed by atoms with Gasteiger partial charge < -0.3 is 0 Å². The maximum atomic E-state index is 13.1. The van der Waals surface area contributed by atoms with Gasteiger partial charge in [-0.05, 0) is 18.4 Å². The highest BCUT2D eigenvalue weighted by Crippen LogP contribution is 2.31. The molecule has 0 radical (unpaired) electrons. The van der Waals surface area contributed by atoms with Crippen molar-refractivity contribution in [3.63, 3.8) is 0 Å². The van der Waals surface area contributed by atoms with Crippen LogP contribution in [0.4, 0.5) is 8.78 Å². The molecule has 0 aliphatic carbocycles. The van der Waals surface area contributed by atoms with E-state index < -0.39 is 11.6 Å². The number of rotatable bonds is 1. The lowest BCUT2D eigenvalue weighted by molar-refractivity contribution is 0.617. The highest BCUT2D eigenvalue weighted by atomic mass is 32.2. The molecule has 0 amide bonds. The zero-order valence-corrected chi connectivity index (χ0v) is 8.31. The number of fused-ring (bicyclic) bond motifs is 1. The van der Waals surface area contributed by atoms with Crippen LogP contribution in [-0.4, -0.2) is 11.2 Å². The van der Waals surface area contributed by atoms with Gasteiger partial charge in [0.15, 0.2) is 10.2 Å². The van der Waals surface area contributed by atoms with Crippen LogP contribution in [-0.2, 0) is 0 Å². The number of halogens is 2. The topological polar surface area (TPSA) is 12.9 Å². The molecule has 0 saturated heterocycles. The van der Waals surface area contributed by atoms with Crippen molar-refractivity contribution < 1.29 is 8.78 Å². The van der Waals surface area contributed by atoms with Crippen molar-refractivity contribution in [2.45, 2.75) is 4.34 Å². The van der Waals surface area contributed by atoms with Crippen molar-refractivity contribution in [2.75, 3.05) is 6.26 Å². The summed E-state index contributed by atoms with van der Waals surface area (Å²) in [5.41, 5.74) is 0.134. The standard InChI is InChI=1S/C8H5F2NS2/c1-12-8-11-6-4(9)2-3-5(10)7(6)13-8/h2-3H,1H3. The molecule has 0 unspecified atom stereocenters. The minimum Gasteiger partial charge on any atom is -0.226 e. The van der Waals surface area contributed by atoms with E-state index in [1.54, 1.807) is 0 Å². The molecule has 0 aliphatic heterocycles. The number of thiazole rings is 1. The van der Waals surface area contributed by atoms with Crippen LogP contribution in [0.15, 0.2) is 16.5 Å². The van der Waals surface area contributed by atoms with Gasteiger partial charge in [0.05, 0.1) is 4.70 Å². The zero-order chi connectivity index (χ0) is 9.42. The van der Waals surface area contributed by atoms with Gasteiger partial charge in [-0.1, -0.05) is 11.8 Å². The molecule has 0 spiro atoms. The van der Waals surface area contributed by atoms with Crippen molar-refractivity contribution in [2.24, 2.45) is 0 Å². The molecule has 1 heterocycles. The van der Waals surface area contributed by atoms with E-state index in [9.17, 15) is 8.78 Å². The Kier molecular flexibility index (Phi) is 2.21. The van der Waals surface area contributed by atoms with Gasteiger partial charge >= 0.3 is 0 Å². The number of thioether (sulfide) groups is 1. The first kappa shape index (κ1) is 8.90. The minimum absolute atomic E-state index is 0.134. The summed E-state index contributed by atoms with van der Waals surface area (Å²) >= 11 is 2.56. The molecule has 5 heteroatoms. The summed E-state index contributed by atoms with van der Waals surface area (Å²) in [6.45, 7) is 0. The Morgan fingerprint density at radius 1 is 1.31 bits per heavy atom. The van der Waals surface area contributed by atoms with E-state index in [1.807, 2.05) is 6.26 Å². The lowest BCUT2D eigenvalue weighted by Crippen LogP contribution is -1.80. The minimum atomic E-state index is -0.465. The quantitative estimate of drug-likeness (QED) is 0.680. The fourth-order valence-corrected chi connectivity index (χ4v) is 2.50. The molecule has 0 fully saturated rings. The molecule has 2 rings (SSSR count). The van der Waals surface area contributed by atoms with Crippen molar-refractivity contribution in [3.05, 3.63) is 23.8 Å². The van der Waals surface area contributed by atoms with Crippen molar-refractivity contribution in [1.82, 2.24) is 4.98 Å². The van der Waals surface area contributed by atoms with Crippen molar-refractivity contribution in [3.8, 4) is 0 Å². The second kappa shape index (κ2) is 3.23. The van der Waals surface area contributed by atoms with E-state index in [2.05, 4.69) is 4.98 Å². The van der Waals surface area contributed by atoms with Gasteiger partial charge in [0.1, 0.15) is 11.3 Å². The lowest BCUT2D eigenvalue weighted by atomic mass is 10.3. The summed E-state index contributed by atoms with van der Waals surface area (Å²) in [6, 6.07) is 2.22. The molecule has 0 saturated carbocycles. The molecule has 0 bridgehead atoms. The highest BCUT2D eigenvalue weighted by molar-refractivity contribution is 8.00. The third-order valence-corrected chi connectivity index (χ3v) is 3.65. The van der Waals surface area contributed by atoms with Crippen LogP contribution in [0.5, 0.6) is 0 Å². The van der Waals surface area contributed by atoms with Crippen LogP contribution < -0.4 is 0 Å². The van der Waals surface area contributed by atoms with Crippen LogP contribution in [0, 0.1) is 11.6 Å². The normalized spacial score (nSPS) is 11.0. The first-order valence-electron chi connectivity index (χ1n) is 3.51. The fourth-order valence-electron chi connectivity index (χ4n) is 1.01. The third kappa shape index (κ3) is 1.42. The van der Waals surface area contributed by atoms with E-state index in [4.69, 9.17) is 0 Å². The smallest absolute Gasteiger partial charge is 0.151 e. The Labute approximate surface area is 81.8 Å². The molecule has 2 aromatic rings. The van der Waals surface area contributed by atoms with Gasteiger partial charge in [0.25, 0.3) is 0 Å². The Bertz CT molecular complexity index is 414. The van der Waals surface area contributed by atoms with Gasteiger partial charge in [-0.15, -0.1) is 11.3 Å². The average molecular weight is 217 g/mol. The van der Waals surface area contributed by atoms with Crippen LogP contribution in [0.2, 0.25) is 0 Å². The largest absolute Gasteiger partial charge is 0.226 e. The maximum Gasteiger partial charge on any atom is 0.151 e. The molecule has 68 valence electrons. The van der Waals surface area contributed by atoms with Gasteiger partial charge in [-0.25, -0.2) is 13.8 Å². The maximum absolute atomic E-state index is 13.1. The second-order valence-electron chi connectivity index (χ2n) is 2.39. The van der Waals surface area contributed by atoms with Crippen molar-refractivity contribution >= 4 is 33.3 Å². The number of hydrogen-bond acceptors (Lipinski definition) is 3. The molecule has 0 N–H and O–H groups in total. The third-order valence-electron chi connectivity index (χ3n) is 1.60. The Hall–Kier alpha value is -0.680. The molecule has 1 nitrogen and oxygen atoms in total. The molecule has 1 aromatic heterocycles. The average Bonchev–Trinajstić information content (AvgIpc) is 2.56. The van der Waals surface area contributed by atoms with E-state index in [0.717, 1.165) is 12.1 Å². The molecule has 0 atom stereocenters. The molecular weight excluding hydrogens is 212 g/mol. The summed E-state index contributed by atoms with van der Waals surface area (Å²) in [4.78, 5) is 3.96. The first-order valence-corrected chi connectivity index (χ1v) is 5.55. The second-order valence-corrected chi connectivity index (χ2v) is 4.44. The van der Waals surface area contributed by atoms with Crippen LogP contribution in [0.25, 0.3) is 10.2 Å². The predicted molar refractivity (Wildman–Crippen MR) is 51.3 cm³/mol. The predicted octanol–water partition coefficient (Wildman–Crippen LogP) is 3.30. The first-order chi connectivity index (χ1) is 6.22. The number of hydrogen-bond donors (Lipinski definition) is 0. The van der Waals surface area contributed by atoms with E-state index in [1.165, 1.54) is 23.1 Å². The zero-order valence-electron chi connectivity index (χ0n) is 6.67. The molecule has 1 aromatic carbocycles.